The smallest absolute Gasteiger partial charge is 0.233 e. The van der Waals surface area contributed by atoms with Gasteiger partial charge in [-0.15, -0.1) is 0 Å². The van der Waals surface area contributed by atoms with E-state index in [2.05, 4.69) is 4.98 Å². The molecule has 0 saturated carbocycles. The third-order valence-corrected chi connectivity index (χ3v) is 3.16. The quantitative estimate of drug-likeness (QED) is 0.798. The van der Waals surface area contributed by atoms with Gasteiger partial charge in [0.2, 0.25) is 5.89 Å². The minimum atomic E-state index is 0.272. The molecule has 0 atom stereocenters. The second kappa shape index (κ2) is 5.53. The molecule has 0 aliphatic heterocycles. The zero-order chi connectivity index (χ0) is 13.9. The summed E-state index contributed by atoms with van der Waals surface area (Å²) in [7, 11) is 0. The van der Waals surface area contributed by atoms with Crippen LogP contribution in [-0.2, 0) is 13.2 Å². The highest BCUT2D eigenvalue weighted by Gasteiger charge is 2.07. The van der Waals surface area contributed by atoms with Gasteiger partial charge in [-0.25, -0.2) is 4.98 Å². The summed E-state index contributed by atoms with van der Waals surface area (Å²) in [5.41, 5.74) is 8.15. The van der Waals surface area contributed by atoms with Gasteiger partial charge in [-0.1, -0.05) is 17.7 Å². The molecule has 0 aliphatic carbocycles. The maximum Gasteiger partial charge on any atom is 0.233 e. The first-order valence-corrected chi connectivity index (χ1v) is 6.59. The Morgan fingerprint density at radius 1 is 1.15 bits per heavy atom. The SMILES string of the molecule is NCc1ccc2oc(COc3ccc(Cl)cc3)nc2c1. The lowest BCUT2D eigenvalue weighted by Crippen LogP contribution is -1.95. The molecule has 1 aromatic heterocycles. The Labute approximate surface area is 121 Å². The largest absolute Gasteiger partial charge is 0.484 e. The molecular weight excluding hydrogens is 276 g/mol. The predicted molar refractivity (Wildman–Crippen MR) is 77.7 cm³/mol. The molecule has 1 heterocycles. The summed E-state index contributed by atoms with van der Waals surface area (Å²) in [4.78, 5) is 4.38. The minimum Gasteiger partial charge on any atom is -0.484 e. The van der Waals surface area contributed by atoms with Crippen LogP contribution in [0.2, 0.25) is 5.02 Å². The summed E-state index contributed by atoms with van der Waals surface area (Å²) in [6.07, 6.45) is 0. The van der Waals surface area contributed by atoms with Gasteiger partial charge in [0.25, 0.3) is 0 Å². The third-order valence-electron chi connectivity index (χ3n) is 2.91. The van der Waals surface area contributed by atoms with Crippen molar-refractivity contribution < 1.29 is 9.15 Å². The Balaban J connectivity index is 1.75. The van der Waals surface area contributed by atoms with Gasteiger partial charge in [-0.2, -0.15) is 0 Å². The van der Waals surface area contributed by atoms with E-state index in [4.69, 9.17) is 26.5 Å². The zero-order valence-corrected chi connectivity index (χ0v) is 11.4. The molecule has 0 saturated heterocycles. The van der Waals surface area contributed by atoms with Crippen molar-refractivity contribution in [1.82, 2.24) is 4.98 Å². The van der Waals surface area contributed by atoms with Crippen molar-refractivity contribution in [3.8, 4) is 5.75 Å². The zero-order valence-electron chi connectivity index (χ0n) is 10.7. The van der Waals surface area contributed by atoms with Crippen LogP contribution in [-0.4, -0.2) is 4.98 Å². The van der Waals surface area contributed by atoms with Gasteiger partial charge < -0.3 is 14.9 Å². The lowest BCUT2D eigenvalue weighted by molar-refractivity contribution is 0.267. The fourth-order valence-electron chi connectivity index (χ4n) is 1.89. The van der Waals surface area contributed by atoms with Gasteiger partial charge in [-0.3, -0.25) is 0 Å². The van der Waals surface area contributed by atoms with Crippen molar-refractivity contribution in [1.29, 1.82) is 0 Å². The monoisotopic (exact) mass is 288 g/mol. The Morgan fingerprint density at radius 2 is 1.95 bits per heavy atom. The van der Waals surface area contributed by atoms with Crippen molar-refractivity contribution in [3.63, 3.8) is 0 Å². The molecule has 0 amide bonds. The maximum absolute atomic E-state index is 5.81. The Hall–Kier alpha value is -2.04. The van der Waals surface area contributed by atoms with Gasteiger partial charge in [0.15, 0.2) is 12.2 Å². The average Bonchev–Trinajstić information content (AvgIpc) is 2.88. The topological polar surface area (TPSA) is 61.3 Å². The number of hydrogen-bond acceptors (Lipinski definition) is 4. The number of rotatable bonds is 4. The van der Waals surface area contributed by atoms with Gasteiger partial charge in [0.1, 0.15) is 11.3 Å². The van der Waals surface area contributed by atoms with E-state index in [-0.39, 0.29) is 6.61 Å². The van der Waals surface area contributed by atoms with Gasteiger partial charge >= 0.3 is 0 Å². The first-order chi connectivity index (χ1) is 9.74. The average molecular weight is 289 g/mol. The summed E-state index contributed by atoms with van der Waals surface area (Å²) >= 11 is 5.81. The van der Waals surface area contributed by atoms with E-state index in [0.717, 1.165) is 22.4 Å². The predicted octanol–water partition coefficient (Wildman–Crippen LogP) is 3.52. The summed E-state index contributed by atoms with van der Waals surface area (Å²) in [5, 5.41) is 0.675. The van der Waals surface area contributed by atoms with E-state index in [1.807, 2.05) is 18.2 Å². The number of fused-ring (bicyclic) bond motifs is 1. The van der Waals surface area contributed by atoms with Crippen LogP contribution in [0, 0.1) is 0 Å². The number of aromatic nitrogens is 1. The highest BCUT2D eigenvalue weighted by atomic mass is 35.5. The molecule has 0 spiro atoms. The highest BCUT2D eigenvalue weighted by molar-refractivity contribution is 6.30. The highest BCUT2D eigenvalue weighted by Crippen LogP contribution is 2.20. The van der Waals surface area contributed by atoms with Crippen molar-refractivity contribution in [2.24, 2.45) is 5.73 Å². The Bertz CT molecular complexity index is 722. The molecule has 5 heteroatoms. The number of nitrogens with two attached hydrogens (primary N) is 1. The molecule has 0 bridgehead atoms. The van der Waals surface area contributed by atoms with Crippen LogP contribution >= 0.6 is 11.6 Å². The van der Waals surface area contributed by atoms with Gasteiger partial charge in [-0.05, 0) is 42.0 Å². The Morgan fingerprint density at radius 3 is 2.70 bits per heavy atom. The summed E-state index contributed by atoms with van der Waals surface area (Å²) in [6, 6.07) is 12.9. The maximum atomic E-state index is 5.81. The lowest BCUT2D eigenvalue weighted by atomic mass is 10.2. The van der Waals surface area contributed by atoms with Crippen LogP contribution in [0.5, 0.6) is 5.75 Å². The summed E-state index contributed by atoms with van der Waals surface area (Å²) in [6.45, 7) is 0.758. The molecule has 102 valence electrons. The lowest BCUT2D eigenvalue weighted by Gasteiger charge is -2.02. The van der Waals surface area contributed by atoms with E-state index in [9.17, 15) is 0 Å². The normalized spacial score (nSPS) is 10.9. The molecule has 0 radical (unpaired) electrons. The molecule has 20 heavy (non-hydrogen) atoms. The fraction of sp³-hybridized carbons (Fsp3) is 0.133. The van der Waals surface area contributed by atoms with Gasteiger partial charge in [0.05, 0.1) is 0 Å². The molecule has 2 aromatic carbocycles. The number of oxazole rings is 1. The first kappa shape index (κ1) is 13.0. The van der Waals surface area contributed by atoms with Crippen molar-refractivity contribution in [2.45, 2.75) is 13.2 Å². The van der Waals surface area contributed by atoms with E-state index >= 15 is 0 Å². The van der Waals surface area contributed by atoms with E-state index in [1.54, 1.807) is 24.3 Å². The van der Waals surface area contributed by atoms with Crippen molar-refractivity contribution in [2.75, 3.05) is 0 Å². The van der Waals surface area contributed by atoms with E-state index < -0.39 is 0 Å². The molecular formula is C15H13ClN2O2. The van der Waals surface area contributed by atoms with Crippen LogP contribution < -0.4 is 10.5 Å². The van der Waals surface area contributed by atoms with Crippen LogP contribution in [0.4, 0.5) is 0 Å². The molecule has 2 N–H and O–H groups in total. The molecule has 3 aromatic rings. The summed E-state index contributed by atoms with van der Waals surface area (Å²) < 4.78 is 11.2. The molecule has 0 fully saturated rings. The molecule has 3 rings (SSSR count). The van der Waals surface area contributed by atoms with Crippen LogP contribution in [0.25, 0.3) is 11.1 Å². The second-order valence-corrected chi connectivity index (χ2v) is 4.79. The molecule has 4 nitrogen and oxygen atoms in total. The Kier molecular flexibility index (Phi) is 3.58. The summed E-state index contributed by atoms with van der Waals surface area (Å²) in [5.74, 6) is 1.25. The van der Waals surface area contributed by atoms with Crippen molar-refractivity contribution >= 4 is 22.7 Å². The minimum absolute atomic E-state index is 0.272. The number of hydrogen-bond donors (Lipinski definition) is 1. The second-order valence-electron chi connectivity index (χ2n) is 4.36. The standard InChI is InChI=1S/C15H13ClN2O2/c16-11-2-4-12(5-3-11)19-9-15-18-13-7-10(8-17)1-6-14(13)20-15/h1-7H,8-9,17H2. The molecule has 0 unspecified atom stereocenters. The van der Waals surface area contributed by atoms with Crippen LogP contribution in [0.15, 0.2) is 46.9 Å². The number of nitrogens with zero attached hydrogens (tertiary/aromatic N) is 1. The molecule has 0 aliphatic rings. The number of ether oxygens (including phenoxy) is 1. The number of benzene rings is 2. The van der Waals surface area contributed by atoms with E-state index in [1.165, 1.54) is 0 Å². The van der Waals surface area contributed by atoms with Crippen LogP contribution in [0.3, 0.4) is 0 Å². The first-order valence-electron chi connectivity index (χ1n) is 6.21. The third kappa shape index (κ3) is 2.76. The van der Waals surface area contributed by atoms with Gasteiger partial charge in [0, 0.05) is 11.6 Å². The fourth-order valence-corrected chi connectivity index (χ4v) is 2.01. The number of halogens is 1. The van der Waals surface area contributed by atoms with Crippen molar-refractivity contribution in [3.05, 3.63) is 58.9 Å². The van der Waals surface area contributed by atoms with E-state index in [0.29, 0.717) is 17.5 Å². The van der Waals surface area contributed by atoms with Crippen LogP contribution in [0.1, 0.15) is 11.5 Å².